The number of hydrogen-bond acceptors (Lipinski definition) is 4. The third-order valence-corrected chi connectivity index (χ3v) is 3.41. The van der Waals surface area contributed by atoms with Gasteiger partial charge in [-0.2, -0.15) is 0 Å². The number of benzene rings is 1. The van der Waals surface area contributed by atoms with Crippen molar-refractivity contribution in [3.05, 3.63) is 47.4 Å². The van der Waals surface area contributed by atoms with Gasteiger partial charge in [0.15, 0.2) is 5.76 Å². The van der Waals surface area contributed by atoms with E-state index in [1.165, 1.54) is 21.3 Å². The van der Waals surface area contributed by atoms with Gasteiger partial charge < -0.3 is 14.2 Å². The third kappa shape index (κ3) is 3.23. The highest BCUT2D eigenvalue weighted by atomic mass is 16.6. The first kappa shape index (κ1) is 16.7. The quantitative estimate of drug-likeness (QED) is 0.632. The van der Waals surface area contributed by atoms with Crippen molar-refractivity contribution >= 4 is 5.78 Å². The van der Waals surface area contributed by atoms with Crippen molar-refractivity contribution in [2.24, 2.45) is 0 Å². The van der Waals surface area contributed by atoms with E-state index in [0.29, 0.717) is 18.6 Å². The van der Waals surface area contributed by atoms with Gasteiger partial charge in [0.25, 0.3) is 11.4 Å². The van der Waals surface area contributed by atoms with E-state index < -0.39 is 5.60 Å². The zero-order valence-electron chi connectivity index (χ0n) is 13.4. The summed E-state index contributed by atoms with van der Waals surface area (Å²) in [5.74, 6) is 12.0. The van der Waals surface area contributed by atoms with Gasteiger partial charge in [-0.1, -0.05) is 41.9 Å². The summed E-state index contributed by atoms with van der Waals surface area (Å²) in [6.07, 6.45) is 1.15. The van der Waals surface area contributed by atoms with Crippen LogP contribution in [0.2, 0.25) is 0 Å². The first-order chi connectivity index (χ1) is 11.2. The van der Waals surface area contributed by atoms with Crippen LogP contribution in [-0.4, -0.2) is 32.7 Å². The summed E-state index contributed by atoms with van der Waals surface area (Å²) >= 11 is 0. The number of ketones is 1. The Morgan fingerprint density at radius 3 is 2.30 bits per heavy atom. The zero-order chi connectivity index (χ0) is 16.7. The standard InChI is InChI=1S/C19H18O4/c1-21-16-17(20)19(23-3,18(16)22-2)14-10-5-4-7-11-15-12-8-6-9-13-15/h6,8-9,12-13H,4-5H2,1-3H3. The van der Waals surface area contributed by atoms with E-state index in [1.807, 2.05) is 30.3 Å². The van der Waals surface area contributed by atoms with Gasteiger partial charge in [-0.3, -0.25) is 4.79 Å². The van der Waals surface area contributed by atoms with E-state index in [1.54, 1.807) is 0 Å². The lowest BCUT2D eigenvalue weighted by molar-refractivity contribution is -0.142. The van der Waals surface area contributed by atoms with Crippen molar-refractivity contribution in [1.82, 2.24) is 0 Å². The van der Waals surface area contributed by atoms with Crippen LogP contribution in [0.1, 0.15) is 18.4 Å². The molecular weight excluding hydrogens is 292 g/mol. The topological polar surface area (TPSA) is 44.8 Å². The Kier molecular flexibility index (Phi) is 5.46. The molecule has 1 unspecified atom stereocenters. The molecule has 0 spiro atoms. The van der Waals surface area contributed by atoms with Gasteiger partial charge in [0.1, 0.15) is 0 Å². The Morgan fingerprint density at radius 2 is 1.70 bits per heavy atom. The molecule has 1 aliphatic rings. The summed E-state index contributed by atoms with van der Waals surface area (Å²) in [5.41, 5.74) is -0.371. The molecule has 2 rings (SSSR count). The number of methoxy groups -OCH3 is 3. The number of Topliss-reactive ketones (excluding diaryl/α,β-unsaturated/α-hetero) is 1. The van der Waals surface area contributed by atoms with Gasteiger partial charge in [0.2, 0.25) is 5.76 Å². The maximum atomic E-state index is 12.1. The molecule has 1 aromatic rings. The highest BCUT2D eigenvalue weighted by molar-refractivity contribution is 6.12. The van der Waals surface area contributed by atoms with E-state index >= 15 is 0 Å². The highest BCUT2D eigenvalue weighted by Crippen LogP contribution is 2.38. The maximum Gasteiger partial charge on any atom is 0.256 e. The van der Waals surface area contributed by atoms with Crippen molar-refractivity contribution in [1.29, 1.82) is 0 Å². The summed E-state index contributed by atoms with van der Waals surface area (Å²) in [7, 11) is 4.30. The summed E-state index contributed by atoms with van der Waals surface area (Å²) in [6.45, 7) is 0. The number of unbranched alkanes of at least 4 members (excludes halogenated alkanes) is 1. The molecule has 23 heavy (non-hydrogen) atoms. The lowest BCUT2D eigenvalue weighted by Crippen LogP contribution is -2.52. The predicted molar refractivity (Wildman–Crippen MR) is 86.1 cm³/mol. The highest BCUT2D eigenvalue weighted by Gasteiger charge is 2.57. The normalized spacial score (nSPS) is 19.0. The summed E-state index contributed by atoms with van der Waals surface area (Å²) in [4.78, 5) is 12.1. The molecule has 1 aliphatic carbocycles. The first-order valence-corrected chi connectivity index (χ1v) is 7.16. The smallest absolute Gasteiger partial charge is 0.256 e. The van der Waals surface area contributed by atoms with Crippen LogP contribution in [0.5, 0.6) is 0 Å². The minimum absolute atomic E-state index is 0.160. The molecule has 0 aliphatic heterocycles. The van der Waals surface area contributed by atoms with Crippen LogP contribution in [0.4, 0.5) is 0 Å². The molecule has 0 aromatic heterocycles. The molecule has 0 bridgehead atoms. The molecule has 0 amide bonds. The molecule has 0 heterocycles. The van der Waals surface area contributed by atoms with Gasteiger partial charge in [0.05, 0.1) is 14.2 Å². The fourth-order valence-corrected chi connectivity index (χ4v) is 2.23. The van der Waals surface area contributed by atoms with Crippen LogP contribution in [-0.2, 0) is 19.0 Å². The molecule has 118 valence electrons. The maximum absolute atomic E-state index is 12.1. The predicted octanol–water partition coefficient (Wildman–Crippen LogP) is 2.29. The van der Waals surface area contributed by atoms with Crippen molar-refractivity contribution in [2.75, 3.05) is 21.3 Å². The number of hydrogen-bond donors (Lipinski definition) is 0. The van der Waals surface area contributed by atoms with E-state index in [4.69, 9.17) is 14.2 Å². The van der Waals surface area contributed by atoms with Gasteiger partial charge in [-0.25, -0.2) is 0 Å². The van der Waals surface area contributed by atoms with Crippen LogP contribution >= 0.6 is 0 Å². The molecule has 0 fully saturated rings. The van der Waals surface area contributed by atoms with Crippen molar-refractivity contribution in [2.45, 2.75) is 18.4 Å². The molecule has 4 nitrogen and oxygen atoms in total. The van der Waals surface area contributed by atoms with Crippen LogP contribution in [0, 0.1) is 23.7 Å². The van der Waals surface area contributed by atoms with Gasteiger partial charge in [-0.15, -0.1) is 0 Å². The molecule has 1 atom stereocenters. The number of rotatable bonds is 4. The van der Waals surface area contributed by atoms with E-state index in [0.717, 1.165) is 5.56 Å². The second kappa shape index (κ2) is 7.54. The molecule has 0 saturated carbocycles. The van der Waals surface area contributed by atoms with Crippen molar-refractivity contribution < 1.29 is 19.0 Å². The molecule has 1 aromatic carbocycles. The monoisotopic (exact) mass is 310 g/mol. The van der Waals surface area contributed by atoms with Gasteiger partial charge in [-0.05, 0) is 12.1 Å². The second-order valence-corrected chi connectivity index (χ2v) is 4.75. The molecule has 0 saturated heterocycles. The molecule has 4 heteroatoms. The average molecular weight is 310 g/mol. The SMILES string of the molecule is COC1=C(OC)C(C#CCCC#Cc2ccccc2)(OC)C1=O. The van der Waals surface area contributed by atoms with Crippen LogP contribution in [0.3, 0.4) is 0 Å². The molecule has 0 N–H and O–H groups in total. The van der Waals surface area contributed by atoms with E-state index in [-0.39, 0.29) is 11.5 Å². The van der Waals surface area contributed by atoms with Gasteiger partial charge >= 0.3 is 0 Å². The lowest BCUT2D eigenvalue weighted by Gasteiger charge is -2.35. The Morgan fingerprint density at radius 1 is 1.00 bits per heavy atom. The van der Waals surface area contributed by atoms with E-state index in [9.17, 15) is 4.79 Å². The Labute approximate surface area is 136 Å². The Hall–Kier alpha value is -2.69. The minimum atomic E-state index is -1.34. The number of carbonyl (C=O) groups excluding carboxylic acids is 1. The third-order valence-electron chi connectivity index (χ3n) is 3.41. The van der Waals surface area contributed by atoms with Crippen molar-refractivity contribution in [3.8, 4) is 23.7 Å². The molecule has 0 radical (unpaired) electrons. The van der Waals surface area contributed by atoms with Crippen LogP contribution < -0.4 is 0 Å². The average Bonchev–Trinajstić information content (AvgIpc) is 2.59. The second-order valence-electron chi connectivity index (χ2n) is 4.75. The lowest BCUT2D eigenvalue weighted by atomic mass is 9.83. The van der Waals surface area contributed by atoms with Crippen LogP contribution in [0.25, 0.3) is 0 Å². The fourth-order valence-electron chi connectivity index (χ4n) is 2.23. The van der Waals surface area contributed by atoms with Gasteiger partial charge in [0, 0.05) is 25.5 Å². The Bertz CT molecular complexity index is 725. The van der Waals surface area contributed by atoms with E-state index in [2.05, 4.69) is 23.7 Å². The molecular formula is C19H18O4. The zero-order valence-corrected chi connectivity index (χ0v) is 13.4. The summed E-state index contributed by atoms with van der Waals surface area (Å²) in [6, 6.07) is 9.74. The minimum Gasteiger partial charge on any atom is -0.493 e. The van der Waals surface area contributed by atoms with Crippen LogP contribution in [0.15, 0.2) is 41.9 Å². The Balaban J connectivity index is 2.00. The largest absolute Gasteiger partial charge is 0.493 e. The number of carbonyl (C=O) groups is 1. The van der Waals surface area contributed by atoms with Crippen molar-refractivity contribution in [3.63, 3.8) is 0 Å². The summed E-state index contributed by atoms with van der Waals surface area (Å²) in [5, 5.41) is 0. The first-order valence-electron chi connectivity index (χ1n) is 7.16. The summed E-state index contributed by atoms with van der Waals surface area (Å²) < 4.78 is 15.4. The fraction of sp³-hybridized carbons (Fsp3) is 0.316. The number of ether oxygens (including phenoxy) is 3.